The summed E-state index contributed by atoms with van der Waals surface area (Å²) in [5, 5.41) is 24.2. The fourth-order valence-electron chi connectivity index (χ4n) is 3.53. The van der Waals surface area contributed by atoms with Crippen LogP contribution in [0.15, 0.2) is 78.9 Å². The van der Waals surface area contributed by atoms with Crippen molar-refractivity contribution in [3.05, 3.63) is 105 Å². The molecule has 0 amide bonds. The monoisotopic (exact) mass is 389 g/mol. The lowest BCUT2D eigenvalue weighted by Crippen LogP contribution is -2.28. The standard InChI is InChI=1S/C22H19N3O4/c1-29-20-13-11-18(12-14-20)23-15-21(16-7-9-19(10-8-16)25(27)28)24(26)22(23)17-5-3-2-4-6-17/h2-14,22H,15H2,1H3. The third-order valence-electron chi connectivity index (χ3n) is 5.02. The van der Waals surface area contributed by atoms with E-state index in [1.807, 2.05) is 59.5 Å². The number of nitro benzene ring substituents is 1. The SMILES string of the molecule is COc1ccc(N2CC(c3ccc([N+](=O)[O-])cc3)=[N+]([O-])C2c2ccccc2)cc1. The van der Waals surface area contributed by atoms with Crippen LogP contribution < -0.4 is 9.64 Å². The summed E-state index contributed by atoms with van der Waals surface area (Å²) < 4.78 is 6.22. The molecule has 146 valence electrons. The van der Waals surface area contributed by atoms with E-state index in [9.17, 15) is 15.3 Å². The summed E-state index contributed by atoms with van der Waals surface area (Å²) in [5.41, 5.74) is 2.98. The summed E-state index contributed by atoms with van der Waals surface area (Å²) in [6.45, 7) is 0.382. The molecule has 0 aromatic heterocycles. The molecule has 0 radical (unpaired) electrons. The highest BCUT2D eigenvalue weighted by Gasteiger charge is 2.39. The van der Waals surface area contributed by atoms with Crippen LogP contribution >= 0.6 is 0 Å². The number of anilines is 1. The van der Waals surface area contributed by atoms with Crippen molar-refractivity contribution in [2.45, 2.75) is 6.17 Å². The Labute approximate surface area is 167 Å². The lowest BCUT2D eigenvalue weighted by Gasteiger charge is -2.24. The second-order valence-corrected chi connectivity index (χ2v) is 6.69. The zero-order valence-electron chi connectivity index (χ0n) is 15.8. The number of benzene rings is 3. The van der Waals surface area contributed by atoms with Crippen LogP contribution in [0.1, 0.15) is 17.3 Å². The Morgan fingerprint density at radius 1 is 1.00 bits per heavy atom. The first-order valence-corrected chi connectivity index (χ1v) is 9.11. The Morgan fingerprint density at radius 2 is 1.66 bits per heavy atom. The highest BCUT2D eigenvalue weighted by molar-refractivity contribution is 6.01. The molecule has 7 heteroatoms. The van der Waals surface area contributed by atoms with E-state index >= 15 is 0 Å². The average Bonchev–Trinajstić information content (AvgIpc) is 3.11. The van der Waals surface area contributed by atoms with Crippen LogP contribution in [0, 0.1) is 15.3 Å². The minimum Gasteiger partial charge on any atom is -0.622 e. The van der Waals surface area contributed by atoms with Crippen molar-refractivity contribution in [1.29, 1.82) is 0 Å². The lowest BCUT2D eigenvalue weighted by atomic mass is 10.1. The van der Waals surface area contributed by atoms with Crippen molar-refractivity contribution in [3.63, 3.8) is 0 Å². The van der Waals surface area contributed by atoms with Gasteiger partial charge in [0.25, 0.3) is 11.9 Å². The van der Waals surface area contributed by atoms with Crippen LogP contribution in [0.2, 0.25) is 0 Å². The predicted octanol–water partition coefficient (Wildman–Crippen LogP) is 4.12. The van der Waals surface area contributed by atoms with Gasteiger partial charge in [-0.2, -0.15) is 4.74 Å². The van der Waals surface area contributed by atoms with Gasteiger partial charge in [-0.15, -0.1) is 0 Å². The molecule has 3 aromatic rings. The molecule has 0 N–H and O–H groups in total. The van der Waals surface area contributed by atoms with E-state index in [0.29, 0.717) is 17.8 Å². The van der Waals surface area contributed by atoms with Gasteiger partial charge in [0, 0.05) is 28.9 Å². The normalized spacial score (nSPS) is 16.2. The van der Waals surface area contributed by atoms with Crippen molar-refractivity contribution >= 4 is 17.1 Å². The van der Waals surface area contributed by atoms with E-state index < -0.39 is 11.1 Å². The smallest absolute Gasteiger partial charge is 0.269 e. The molecule has 0 fully saturated rings. The number of non-ortho nitro benzene ring substituents is 1. The summed E-state index contributed by atoms with van der Waals surface area (Å²) >= 11 is 0. The third kappa shape index (κ3) is 3.50. The molecule has 0 saturated heterocycles. The summed E-state index contributed by atoms with van der Waals surface area (Å²) in [6, 6.07) is 23.2. The van der Waals surface area contributed by atoms with Gasteiger partial charge in [-0.25, -0.2) is 0 Å². The van der Waals surface area contributed by atoms with E-state index in [2.05, 4.69) is 0 Å². The first kappa shape index (κ1) is 18.5. The van der Waals surface area contributed by atoms with Crippen molar-refractivity contribution in [1.82, 2.24) is 0 Å². The van der Waals surface area contributed by atoms with Gasteiger partial charge in [-0.05, 0) is 36.4 Å². The van der Waals surface area contributed by atoms with Crippen molar-refractivity contribution < 1.29 is 14.4 Å². The topological polar surface area (TPSA) is 81.7 Å². The molecule has 7 nitrogen and oxygen atoms in total. The predicted molar refractivity (Wildman–Crippen MR) is 110 cm³/mol. The molecule has 0 saturated carbocycles. The number of hydrogen-bond acceptors (Lipinski definition) is 5. The van der Waals surface area contributed by atoms with Crippen LogP contribution in [0.5, 0.6) is 5.75 Å². The van der Waals surface area contributed by atoms with Crippen LogP contribution in [0.25, 0.3) is 0 Å². The van der Waals surface area contributed by atoms with Gasteiger partial charge in [0.2, 0.25) is 5.71 Å². The fourth-order valence-corrected chi connectivity index (χ4v) is 3.53. The molecule has 0 bridgehead atoms. The van der Waals surface area contributed by atoms with Gasteiger partial charge >= 0.3 is 0 Å². The molecule has 0 aliphatic carbocycles. The quantitative estimate of drug-likeness (QED) is 0.284. The first-order valence-electron chi connectivity index (χ1n) is 9.11. The number of nitrogens with zero attached hydrogens (tertiary/aromatic N) is 3. The van der Waals surface area contributed by atoms with Crippen LogP contribution in [0.4, 0.5) is 11.4 Å². The molecule has 1 aliphatic rings. The number of nitro groups is 1. The number of hydroxylamine groups is 1. The van der Waals surface area contributed by atoms with Crippen LogP contribution in [-0.2, 0) is 0 Å². The van der Waals surface area contributed by atoms with E-state index in [1.54, 1.807) is 19.2 Å². The summed E-state index contributed by atoms with van der Waals surface area (Å²) in [6.07, 6.45) is -0.533. The maximum absolute atomic E-state index is 13.3. The fraction of sp³-hybridized carbons (Fsp3) is 0.136. The summed E-state index contributed by atoms with van der Waals surface area (Å²) in [4.78, 5) is 12.5. The number of methoxy groups -OCH3 is 1. The second kappa shape index (κ2) is 7.63. The molecule has 3 aromatic carbocycles. The Hall–Kier alpha value is -3.87. The summed E-state index contributed by atoms with van der Waals surface area (Å²) in [5.74, 6) is 0.739. The van der Waals surface area contributed by atoms with Crippen molar-refractivity contribution in [2.75, 3.05) is 18.6 Å². The number of rotatable bonds is 5. The Bertz CT molecular complexity index is 1050. The molecule has 1 atom stereocenters. The minimum atomic E-state index is -0.533. The summed E-state index contributed by atoms with van der Waals surface area (Å²) in [7, 11) is 1.61. The molecule has 29 heavy (non-hydrogen) atoms. The first-order chi connectivity index (χ1) is 14.1. The van der Waals surface area contributed by atoms with E-state index in [4.69, 9.17) is 4.74 Å². The molecule has 0 spiro atoms. The zero-order valence-corrected chi connectivity index (χ0v) is 15.8. The van der Waals surface area contributed by atoms with Gasteiger partial charge in [0.1, 0.15) is 12.3 Å². The maximum Gasteiger partial charge on any atom is 0.269 e. The minimum absolute atomic E-state index is 0.00332. The number of hydrogen-bond donors (Lipinski definition) is 0. The van der Waals surface area contributed by atoms with Crippen LogP contribution in [-0.4, -0.2) is 29.0 Å². The lowest BCUT2D eigenvalue weighted by molar-refractivity contribution is -0.497. The average molecular weight is 389 g/mol. The Kier molecular flexibility index (Phi) is 4.87. The van der Waals surface area contributed by atoms with Gasteiger partial charge in [-0.3, -0.25) is 15.0 Å². The van der Waals surface area contributed by atoms with Gasteiger partial charge < -0.3 is 9.94 Å². The largest absolute Gasteiger partial charge is 0.622 e. The van der Waals surface area contributed by atoms with Gasteiger partial charge in [0.15, 0.2) is 0 Å². The van der Waals surface area contributed by atoms with Crippen molar-refractivity contribution in [2.24, 2.45) is 0 Å². The molecule has 1 heterocycles. The highest BCUT2D eigenvalue weighted by atomic mass is 16.6. The van der Waals surface area contributed by atoms with Crippen molar-refractivity contribution in [3.8, 4) is 5.75 Å². The Morgan fingerprint density at radius 3 is 2.24 bits per heavy atom. The molecular weight excluding hydrogens is 370 g/mol. The third-order valence-corrected chi connectivity index (χ3v) is 5.02. The molecule has 1 unspecified atom stereocenters. The van der Waals surface area contributed by atoms with E-state index in [0.717, 1.165) is 21.7 Å². The number of ether oxygens (including phenoxy) is 1. The van der Waals surface area contributed by atoms with E-state index in [-0.39, 0.29) is 5.69 Å². The highest BCUT2D eigenvalue weighted by Crippen LogP contribution is 2.34. The van der Waals surface area contributed by atoms with Gasteiger partial charge in [-0.1, -0.05) is 30.3 Å². The van der Waals surface area contributed by atoms with Crippen LogP contribution in [0.3, 0.4) is 0 Å². The second-order valence-electron chi connectivity index (χ2n) is 6.69. The maximum atomic E-state index is 13.3. The Balaban J connectivity index is 1.76. The van der Waals surface area contributed by atoms with Gasteiger partial charge in [0.05, 0.1) is 12.0 Å². The van der Waals surface area contributed by atoms with E-state index in [1.165, 1.54) is 12.1 Å². The zero-order chi connectivity index (χ0) is 20.4. The molecular formula is C22H19N3O4. The molecule has 4 rings (SSSR count). The molecule has 1 aliphatic heterocycles.